The Labute approximate surface area is 190 Å². The van der Waals surface area contributed by atoms with Gasteiger partial charge in [0, 0.05) is 56.3 Å². The van der Waals surface area contributed by atoms with Gasteiger partial charge in [0.1, 0.15) is 11.5 Å². The number of hydrogen-bond donors (Lipinski definition) is 1. The lowest BCUT2D eigenvalue weighted by Gasteiger charge is -2.32. The summed E-state index contributed by atoms with van der Waals surface area (Å²) in [4.78, 5) is 46.7. The van der Waals surface area contributed by atoms with E-state index in [4.69, 9.17) is 0 Å². The Bertz CT molecular complexity index is 1210. The van der Waals surface area contributed by atoms with E-state index in [1.165, 1.54) is 12.3 Å². The molecule has 1 aliphatic heterocycles. The molecule has 1 N–H and O–H groups in total. The summed E-state index contributed by atoms with van der Waals surface area (Å²) in [5.41, 5.74) is 1.52. The SMILES string of the molecule is Cc1ccnc(NC(=O)C2CCN(c3ccc(C(=O)c4nccn4C)cc3[N+](=O)[O-])CC2)c1. The van der Waals surface area contributed by atoms with Crippen LogP contribution >= 0.6 is 0 Å². The fourth-order valence-electron chi connectivity index (χ4n) is 4.01. The van der Waals surface area contributed by atoms with Crippen LogP contribution in [0.5, 0.6) is 0 Å². The van der Waals surface area contributed by atoms with Crippen LogP contribution in [0.1, 0.15) is 34.6 Å². The van der Waals surface area contributed by atoms with Gasteiger partial charge in [0.05, 0.1) is 4.92 Å². The number of carbonyl (C=O) groups excluding carboxylic acids is 2. The number of aromatic nitrogens is 3. The number of imidazole rings is 1. The van der Waals surface area contributed by atoms with Crippen molar-refractivity contribution in [2.24, 2.45) is 13.0 Å². The maximum absolute atomic E-state index is 12.7. The van der Waals surface area contributed by atoms with Crippen LogP contribution < -0.4 is 10.2 Å². The second kappa shape index (κ2) is 9.19. The quantitative estimate of drug-likeness (QED) is 0.349. The molecule has 2 aromatic heterocycles. The Hall–Kier alpha value is -4.08. The molecule has 0 radical (unpaired) electrons. The number of nitrogens with one attached hydrogen (secondary N) is 1. The zero-order valence-corrected chi connectivity index (χ0v) is 18.4. The summed E-state index contributed by atoms with van der Waals surface area (Å²) < 4.78 is 1.57. The van der Waals surface area contributed by atoms with E-state index in [1.807, 2.05) is 24.0 Å². The maximum atomic E-state index is 12.7. The van der Waals surface area contributed by atoms with Crippen molar-refractivity contribution in [3.05, 3.63) is 76.0 Å². The number of amides is 1. The van der Waals surface area contributed by atoms with Crippen molar-refractivity contribution < 1.29 is 14.5 Å². The number of rotatable bonds is 6. The average molecular weight is 448 g/mol. The Kier molecular flexibility index (Phi) is 6.16. The van der Waals surface area contributed by atoms with E-state index in [9.17, 15) is 19.7 Å². The molecule has 10 heteroatoms. The summed E-state index contributed by atoms with van der Waals surface area (Å²) in [6, 6.07) is 8.15. The number of anilines is 2. The standard InChI is InChI=1S/C23H24N6O4/c1-15-5-8-24-20(13-15)26-23(31)16-6-10-28(11-7-16)18-4-3-17(14-19(18)29(32)33)21(30)22-25-9-12-27(22)2/h3-5,8-9,12-14,16H,6-7,10-11H2,1-2H3,(H,24,26,31). The van der Waals surface area contributed by atoms with Crippen molar-refractivity contribution in [3.8, 4) is 0 Å². The van der Waals surface area contributed by atoms with Crippen molar-refractivity contribution in [1.82, 2.24) is 14.5 Å². The number of nitro benzene ring substituents is 1. The Morgan fingerprint density at radius 2 is 1.88 bits per heavy atom. The van der Waals surface area contributed by atoms with Crippen LogP contribution in [0.15, 0.2) is 48.9 Å². The van der Waals surface area contributed by atoms with Crippen LogP contribution in [0.3, 0.4) is 0 Å². The zero-order chi connectivity index (χ0) is 23.5. The highest BCUT2D eigenvalue weighted by Crippen LogP contribution is 2.33. The molecule has 3 heterocycles. The molecular weight excluding hydrogens is 424 g/mol. The van der Waals surface area contributed by atoms with Crippen molar-refractivity contribution in [2.75, 3.05) is 23.3 Å². The molecule has 1 aliphatic rings. The molecule has 33 heavy (non-hydrogen) atoms. The molecule has 1 amide bonds. The topological polar surface area (TPSA) is 123 Å². The Balaban J connectivity index is 1.46. The lowest BCUT2D eigenvalue weighted by molar-refractivity contribution is -0.384. The second-order valence-corrected chi connectivity index (χ2v) is 8.12. The third-order valence-electron chi connectivity index (χ3n) is 5.83. The largest absolute Gasteiger partial charge is 0.366 e. The summed E-state index contributed by atoms with van der Waals surface area (Å²) in [7, 11) is 1.69. The van der Waals surface area contributed by atoms with Gasteiger partial charge in [-0.15, -0.1) is 0 Å². The van der Waals surface area contributed by atoms with Gasteiger partial charge in [0.25, 0.3) is 5.69 Å². The number of nitro groups is 1. The molecule has 170 valence electrons. The van der Waals surface area contributed by atoms with E-state index in [2.05, 4.69) is 15.3 Å². The molecule has 0 spiro atoms. The van der Waals surface area contributed by atoms with Gasteiger partial charge in [0.15, 0.2) is 5.82 Å². The summed E-state index contributed by atoms with van der Waals surface area (Å²) in [5, 5.41) is 14.6. The first-order chi connectivity index (χ1) is 15.8. The van der Waals surface area contributed by atoms with Gasteiger partial charge >= 0.3 is 0 Å². The molecule has 1 aromatic carbocycles. The number of pyridine rings is 1. The van der Waals surface area contributed by atoms with E-state index in [1.54, 1.807) is 36.1 Å². The normalized spacial score (nSPS) is 14.2. The number of nitrogens with zero attached hydrogens (tertiary/aromatic N) is 5. The number of carbonyl (C=O) groups is 2. The van der Waals surface area contributed by atoms with Gasteiger partial charge < -0.3 is 14.8 Å². The summed E-state index contributed by atoms with van der Waals surface area (Å²) >= 11 is 0. The summed E-state index contributed by atoms with van der Waals surface area (Å²) in [6.45, 7) is 2.91. The predicted octanol–water partition coefficient (Wildman–Crippen LogP) is 3.12. The molecule has 0 saturated carbocycles. The molecular formula is C23H24N6O4. The maximum Gasteiger partial charge on any atom is 0.293 e. The molecule has 0 aliphatic carbocycles. The molecule has 0 unspecified atom stereocenters. The van der Waals surface area contributed by atoms with Crippen molar-refractivity contribution >= 4 is 28.9 Å². The minimum Gasteiger partial charge on any atom is -0.366 e. The minimum atomic E-state index is -0.479. The highest BCUT2D eigenvalue weighted by molar-refractivity contribution is 6.07. The number of aryl methyl sites for hydroxylation is 2. The number of ketones is 1. The number of piperidine rings is 1. The second-order valence-electron chi connectivity index (χ2n) is 8.12. The van der Waals surface area contributed by atoms with Crippen molar-refractivity contribution in [1.29, 1.82) is 0 Å². The van der Waals surface area contributed by atoms with Crippen LogP contribution in [0.2, 0.25) is 0 Å². The fraction of sp³-hybridized carbons (Fsp3) is 0.304. The van der Waals surface area contributed by atoms with Gasteiger partial charge in [0.2, 0.25) is 11.7 Å². The van der Waals surface area contributed by atoms with Gasteiger partial charge in [-0.2, -0.15) is 0 Å². The number of hydrogen-bond acceptors (Lipinski definition) is 7. The molecule has 10 nitrogen and oxygen atoms in total. The first-order valence-electron chi connectivity index (χ1n) is 10.6. The molecule has 3 aromatic rings. The fourth-order valence-corrected chi connectivity index (χ4v) is 4.01. The zero-order valence-electron chi connectivity index (χ0n) is 18.4. The monoisotopic (exact) mass is 448 g/mol. The predicted molar refractivity (Wildman–Crippen MR) is 122 cm³/mol. The average Bonchev–Trinajstić information content (AvgIpc) is 3.24. The van der Waals surface area contributed by atoms with Gasteiger partial charge in [-0.1, -0.05) is 0 Å². The smallest absolute Gasteiger partial charge is 0.293 e. The van der Waals surface area contributed by atoms with E-state index in [0.29, 0.717) is 37.4 Å². The third-order valence-corrected chi connectivity index (χ3v) is 5.83. The van der Waals surface area contributed by atoms with Crippen LogP contribution in [-0.4, -0.2) is 44.2 Å². The first-order valence-corrected chi connectivity index (χ1v) is 10.6. The van der Waals surface area contributed by atoms with Gasteiger partial charge in [-0.25, -0.2) is 9.97 Å². The summed E-state index contributed by atoms with van der Waals surface area (Å²) in [6.07, 6.45) is 5.91. The molecule has 4 rings (SSSR count). The third kappa shape index (κ3) is 4.74. The number of benzene rings is 1. The lowest BCUT2D eigenvalue weighted by Crippen LogP contribution is -2.38. The Morgan fingerprint density at radius 3 is 2.52 bits per heavy atom. The molecule has 1 fully saturated rings. The van der Waals surface area contributed by atoms with Crippen molar-refractivity contribution in [3.63, 3.8) is 0 Å². The van der Waals surface area contributed by atoms with Gasteiger partial charge in [-0.05, 0) is 49.6 Å². The first kappa shape index (κ1) is 22.1. The van der Waals surface area contributed by atoms with Gasteiger partial charge in [-0.3, -0.25) is 19.7 Å². The van der Waals surface area contributed by atoms with E-state index in [-0.39, 0.29) is 34.7 Å². The van der Waals surface area contributed by atoms with Crippen LogP contribution in [-0.2, 0) is 11.8 Å². The van der Waals surface area contributed by atoms with E-state index < -0.39 is 4.92 Å². The highest BCUT2D eigenvalue weighted by Gasteiger charge is 2.29. The lowest BCUT2D eigenvalue weighted by atomic mass is 9.95. The van der Waals surface area contributed by atoms with Crippen LogP contribution in [0, 0.1) is 23.0 Å². The molecule has 0 bridgehead atoms. The van der Waals surface area contributed by atoms with E-state index >= 15 is 0 Å². The summed E-state index contributed by atoms with van der Waals surface area (Å²) in [5.74, 6) is 0.0560. The van der Waals surface area contributed by atoms with Crippen LogP contribution in [0.4, 0.5) is 17.2 Å². The van der Waals surface area contributed by atoms with E-state index in [0.717, 1.165) is 5.56 Å². The molecule has 0 atom stereocenters. The highest BCUT2D eigenvalue weighted by atomic mass is 16.6. The Morgan fingerprint density at radius 1 is 1.12 bits per heavy atom. The minimum absolute atomic E-state index is 0.0988. The van der Waals surface area contributed by atoms with Crippen molar-refractivity contribution in [2.45, 2.75) is 19.8 Å². The molecule has 1 saturated heterocycles. The van der Waals surface area contributed by atoms with Crippen LogP contribution in [0.25, 0.3) is 0 Å².